The van der Waals surface area contributed by atoms with Gasteiger partial charge in [0.25, 0.3) is 0 Å². The fourth-order valence-electron chi connectivity index (χ4n) is 5.20. The molecule has 3 aliphatic rings. The normalized spacial score (nSPS) is 23.5. The van der Waals surface area contributed by atoms with Gasteiger partial charge in [-0.1, -0.05) is 0 Å². The Bertz CT molecular complexity index is 1320. The Morgan fingerprint density at radius 1 is 0.844 bits per heavy atom. The van der Waals surface area contributed by atoms with Crippen molar-refractivity contribution in [3.05, 3.63) is 48.2 Å². The molecule has 0 aliphatic carbocycles. The summed E-state index contributed by atoms with van der Waals surface area (Å²) in [5, 5.41) is 9.08. The largest absolute Gasteiger partial charge is 0.456 e. The molecule has 3 aliphatic heterocycles. The van der Waals surface area contributed by atoms with Crippen LogP contribution in [0.4, 0.5) is 0 Å². The van der Waals surface area contributed by atoms with Crippen molar-refractivity contribution in [2.45, 2.75) is 44.2 Å². The Labute approximate surface area is 185 Å². The maximum absolute atomic E-state index is 6.23. The third-order valence-electron chi connectivity index (χ3n) is 6.94. The number of aromatic nitrogens is 2. The molecule has 0 unspecified atom stereocenters. The Morgan fingerprint density at radius 3 is 2.31 bits per heavy atom. The predicted molar refractivity (Wildman–Crippen MR) is 125 cm³/mol. The summed E-state index contributed by atoms with van der Waals surface area (Å²) in [5.41, 5.74) is 5.00. The van der Waals surface area contributed by atoms with Gasteiger partial charge in [0.1, 0.15) is 28.4 Å². The standard InChI is InChI=1S/C25H25N5O2/c1-3-17(26-5-1)19-7-16(12-28-19)23-10-14-8-22-15(9-21(14)31-23)11-24(32-22)20-13-29-25(30-20)18-4-2-6-27-18/h8-13,17-18,26-27H,1-7H2,(H,29,30)/t17-,18-/m0/s1. The number of rotatable bonds is 4. The number of H-pyrrole nitrogens is 1. The van der Waals surface area contributed by atoms with Crippen LogP contribution in [0.5, 0.6) is 0 Å². The van der Waals surface area contributed by atoms with E-state index >= 15 is 0 Å². The van der Waals surface area contributed by atoms with Gasteiger partial charge in [0.2, 0.25) is 0 Å². The first-order valence-electron chi connectivity index (χ1n) is 11.6. The van der Waals surface area contributed by atoms with Crippen molar-refractivity contribution in [3.63, 3.8) is 0 Å². The maximum Gasteiger partial charge on any atom is 0.153 e. The van der Waals surface area contributed by atoms with Gasteiger partial charge in [-0.25, -0.2) is 4.98 Å². The van der Waals surface area contributed by atoms with E-state index in [1.807, 2.05) is 12.4 Å². The minimum atomic E-state index is 0.313. The number of allylic oxidation sites excluding steroid dienone is 1. The number of aromatic amines is 1. The van der Waals surface area contributed by atoms with Gasteiger partial charge in [0, 0.05) is 40.7 Å². The fraction of sp³-hybridized carbons (Fsp3) is 0.360. The van der Waals surface area contributed by atoms with E-state index in [4.69, 9.17) is 8.83 Å². The van der Waals surface area contributed by atoms with Gasteiger partial charge in [-0.05, 0) is 63.0 Å². The van der Waals surface area contributed by atoms with Gasteiger partial charge in [-0.15, -0.1) is 0 Å². The van der Waals surface area contributed by atoms with Crippen LogP contribution < -0.4 is 10.6 Å². The summed E-state index contributed by atoms with van der Waals surface area (Å²) in [5.74, 6) is 2.67. The average molecular weight is 428 g/mol. The molecule has 32 heavy (non-hydrogen) atoms. The molecular weight excluding hydrogens is 402 g/mol. The van der Waals surface area contributed by atoms with Crippen molar-refractivity contribution in [3.8, 4) is 11.5 Å². The number of aliphatic imine (C=N–C) groups is 1. The Hall–Kier alpha value is -3.16. The number of nitrogens with zero attached hydrogens (tertiary/aromatic N) is 2. The molecule has 6 heterocycles. The van der Waals surface area contributed by atoms with Crippen LogP contribution >= 0.6 is 0 Å². The molecule has 3 N–H and O–H groups in total. The second kappa shape index (κ2) is 7.18. The van der Waals surface area contributed by atoms with E-state index in [1.165, 1.54) is 25.0 Å². The van der Waals surface area contributed by atoms with E-state index in [2.05, 4.69) is 49.9 Å². The summed E-state index contributed by atoms with van der Waals surface area (Å²) in [6, 6.07) is 9.01. The lowest BCUT2D eigenvalue weighted by Gasteiger charge is -2.09. The summed E-state index contributed by atoms with van der Waals surface area (Å²) in [4.78, 5) is 12.7. The molecule has 1 aromatic carbocycles. The molecule has 7 rings (SSSR count). The minimum Gasteiger partial charge on any atom is -0.456 e. The van der Waals surface area contributed by atoms with Crippen molar-refractivity contribution in [1.29, 1.82) is 0 Å². The Morgan fingerprint density at radius 2 is 1.56 bits per heavy atom. The van der Waals surface area contributed by atoms with Crippen molar-refractivity contribution in [2.75, 3.05) is 13.1 Å². The molecule has 0 radical (unpaired) electrons. The lowest BCUT2D eigenvalue weighted by molar-refractivity contribution is 0.598. The van der Waals surface area contributed by atoms with Crippen molar-refractivity contribution in [1.82, 2.24) is 20.6 Å². The molecule has 0 amide bonds. The smallest absolute Gasteiger partial charge is 0.153 e. The molecule has 0 saturated carbocycles. The molecule has 4 aromatic rings. The van der Waals surface area contributed by atoms with Gasteiger partial charge in [0.15, 0.2) is 5.76 Å². The number of imidazole rings is 1. The first kappa shape index (κ1) is 18.4. The van der Waals surface area contributed by atoms with Crippen LogP contribution in [0.25, 0.3) is 39.0 Å². The molecule has 2 saturated heterocycles. The fourth-order valence-corrected chi connectivity index (χ4v) is 5.20. The monoisotopic (exact) mass is 427 g/mol. The number of hydrogen-bond acceptors (Lipinski definition) is 6. The van der Waals surface area contributed by atoms with E-state index in [9.17, 15) is 0 Å². The van der Waals surface area contributed by atoms with Gasteiger partial charge >= 0.3 is 0 Å². The van der Waals surface area contributed by atoms with Crippen molar-refractivity contribution in [2.24, 2.45) is 4.99 Å². The lowest BCUT2D eigenvalue weighted by Crippen LogP contribution is -2.29. The summed E-state index contributed by atoms with van der Waals surface area (Å²) in [7, 11) is 0. The topological polar surface area (TPSA) is 91.4 Å². The molecule has 2 fully saturated rings. The van der Waals surface area contributed by atoms with Crippen LogP contribution in [0.15, 0.2) is 50.5 Å². The minimum absolute atomic E-state index is 0.313. The van der Waals surface area contributed by atoms with Crippen molar-refractivity contribution < 1.29 is 8.83 Å². The van der Waals surface area contributed by atoms with E-state index in [0.717, 1.165) is 76.5 Å². The predicted octanol–water partition coefficient (Wildman–Crippen LogP) is 4.93. The van der Waals surface area contributed by atoms with E-state index in [1.54, 1.807) is 0 Å². The number of benzene rings is 1. The third-order valence-corrected chi connectivity index (χ3v) is 6.94. The van der Waals surface area contributed by atoms with Gasteiger partial charge in [-0.3, -0.25) is 4.99 Å². The summed E-state index contributed by atoms with van der Waals surface area (Å²) >= 11 is 0. The molecule has 0 spiro atoms. The summed E-state index contributed by atoms with van der Waals surface area (Å²) in [6.45, 7) is 2.14. The van der Waals surface area contributed by atoms with Crippen LogP contribution in [-0.2, 0) is 0 Å². The molecule has 7 nitrogen and oxygen atoms in total. The van der Waals surface area contributed by atoms with Crippen LogP contribution in [0.2, 0.25) is 0 Å². The zero-order valence-corrected chi connectivity index (χ0v) is 17.8. The number of furan rings is 2. The first-order valence-corrected chi connectivity index (χ1v) is 11.6. The Balaban J connectivity index is 1.16. The highest BCUT2D eigenvalue weighted by Gasteiger charge is 2.25. The average Bonchev–Trinajstić information content (AvgIpc) is 3.65. The Kier molecular flexibility index (Phi) is 4.13. The third kappa shape index (κ3) is 3.04. The molecule has 162 valence electrons. The summed E-state index contributed by atoms with van der Waals surface area (Å²) < 4.78 is 12.4. The quantitative estimate of drug-likeness (QED) is 0.429. The van der Waals surface area contributed by atoms with Crippen molar-refractivity contribution >= 4 is 33.2 Å². The van der Waals surface area contributed by atoms with Crippen LogP contribution in [0, 0.1) is 0 Å². The highest BCUT2D eigenvalue weighted by Crippen LogP contribution is 2.35. The lowest BCUT2D eigenvalue weighted by atomic mass is 10.0. The van der Waals surface area contributed by atoms with Gasteiger partial charge in [0.05, 0.1) is 12.2 Å². The maximum atomic E-state index is 6.23. The second-order valence-electron chi connectivity index (χ2n) is 9.08. The molecule has 0 bridgehead atoms. The van der Waals surface area contributed by atoms with E-state index in [0.29, 0.717) is 12.1 Å². The number of fused-ring (bicyclic) bond motifs is 2. The molecule has 2 atom stereocenters. The van der Waals surface area contributed by atoms with Crippen LogP contribution in [0.1, 0.15) is 49.7 Å². The van der Waals surface area contributed by atoms with E-state index < -0.39 is 0 Å². The zero-order chi connectivity index (χ0) is 21.1. The SMILES string of the molecule is C1=C(c2cc3cc4oc(-c5cnc([C@@H]6CCCN6)[nH]5)cc4cc3o2)CC([C@@H]2CCCN2)=N1. The van der Waals surface area contributed by atoms with Crippen LogP contribution in [0.3, 0.4) is 0 Å². The molecule has 3 aromatic heterocycles. The summed E-state index contributed by atoms with van der Waals surface area (Å²) in [6.07, 6.45) is 9.38. The second-order valence-corrected chi connectivity index (χ2v) is 9.08. The zero-order valence-electron chi connectivity index (χ0n) is 17.8. The highest BCUT2D eigenvalue weighted by atomic mass is 16.3. The van der Waals surface area contributed by atoms with Crippen LogP contribution in [-0.4, -0.2) is 34.8 Å². The first-order chi connectivity index (χ1) is 15.8. The van der Waals surface area contributed by atoms with Gasteiger partial charge in [-0.2, -0.15) is 0 Å². The van der Waals surface area contributed by atoms with E-state index in [-0.39, 0.29) is 0 Å². The molecule has 7 heteroatoms. The number of hydrogen-bond donors (Lipinski definition) is 3. The highest BCUT2D eigenvalue weighted by molar-refractivity contribution is 6.02. The van der Waals surface area contributed by atoms with Gasteiger partial charge < -0.3 is 24.5 Å². The number of nitrogens with one attached hydrogen (secondary N) is 3. The molecular formula is C25H25N5O2.